The van der Waals surface area contributed by atoms with E-state index in [-0.39, 0.29) is 0 Å². The average Bonchev–Trinajstić information content (AvgIpc) is 2.78. The zero-order valence-corrected chi connectivity index (χ0v) is 10.4. The molecule has 0 radical (unpaired) electrons. The van der Waals surface area contributed by atoms with Crippen LogP contribution in [0.5, 0.6) is 0 Å². The van der Waals surface area contributed by atoms with E-state index < -0.39 is 6.55 Å². The maximum absolute atomic E-state index is 12.5. The molecule has 0 saturated carbocycles. The molecule has 1 rings (SSSR count). The smallest absolute Gasteiger partial charge is 0.309 e. The summed E-state index contributed by atoms with van der Waals surface area (Å²) in [5.41, 5.74) is 0. The number of alkyl halides is 2. The molecule has 0 spiro atoms. The standard InChI is InChI=1S/C11H20F2N4/c1-3-16(4-2)7-5-14-9-10-15-6-8-17(10)11(12)13/h6,8,11,14H,3-5,7,9H2,1-2H3. The highest BCUT2D eigenvalue weighted by Crippen LogP contribution is 2.11. The largest absolute Gasteiger partial charge is 0.319 e. The molecule has 0 bridgehead atoms. The molecule has 0 unspecified atom stereocenters. The number of nitrogens with zero attached hydrogens (tertiary/aromatic N) is 3. The van der Waals surface area contributed by atoms with Crippen LogP contribution in [-0.4, -0.2) is 40.6 Å². The Bertz CT molecular complexity index is 310. The van der Waals surface area contributed by atoms with Gasteiger partial charge >= 0.3 is 6.55 Å². The topological polar surface area (TPSA) is 33.1 Å². The second kappa shape index (κ2) is 7.34. The monoisotopic (exact) mass is 246 g/mol. The minimum Gasteiger partial charge on any atom is -0.309 e. The summed E-state index contributed by atoms with van der Waals surface area (Å²) in [5, 5.41) is 3.12. The number of hydrogen-bond donors (Lipinski definition) is 1. The first-order valence-electron chi connectivity index (χ1n) is 5.92. The number of aromatic nitrogens is 2. The van der Waals surface area contributed by atoms with Crippen LogP contribution in [0.3, 0.4) is 0 Å². The van der Waals surface area contributed by atoms with Crippen LogP contribution in [-0.2, 0) is 6.54 Å². The molecule has 1 heterocycles. The summed E-state index contributed by atoms with van der Waals surface area (Å²) in [6.07, 6.45) is 2.69. The lowest BCUT2D eigenvalue weighted by Crippen LogP contribution is -2.32. The van der Waals surface area contributed by atoms with E-state index in [1.54, 1.807) is 0 Å². The molecule has 1 aromatic heterocycles. The van der Waals surface area contributed by atoms with Gasteiger partial charge in [-0.15, -0.1) is 0 Å². The van der Waals surface area contributed by atoms with Gasteiger partial charge in [-0.25, -0.2) is 4.98 Å². The summed E-state index contributed by atoms with van der Waals surface area (Å²) < 4.78 is 25.9. The third kappa shape index (κ3) is 4.40. The van der Waals surface area contributed by atoms with Crippen molar-refractivity contribution in [2.75, 3.05) is 26.2 Å². The molecule has 1 N–H and O–H groups in total. The summed E-state index contributed by atoms with van der Waals surface area (Å²) in [4.78, 5) is 6.17. The number of hydrogen-bond acceptors (Lipinski definition) is 3. The van der Waals surface area contributed by atoms with Crippen LogP contribution in [0.2, 0.25) is 0 Å². The Hall–Kier alpha value is -1.01. The molecular weight excluding hydrogens is 226 g/mol. The molecule has 98 valence electrons. The van der Waals surface area contributed by atoms with E-state index in [2.05, 4.69) is 29.0 Å². The predicted octanol–water partition coefficient (Wildman–Crippen LogP) is 1.71. The van der Waals surface area contributed by atoms with Gasteiger partial charge in [0.25, 0.3) is 0 Å². The van der Waals surface area contributed by atoms with Crippen molar-refractivity contribution in [3.63, 3.8) is 0 Å². The van der Waals surface area contributed by atoms with Gasteiger partial charge in [0.1, 0.15) is 5.82 Å². The lowest BCUT2D eigenvalue weighted by molar-refractivity contribution is 0.0666. The SMILES string of the molecule is CCN(CC)CCNCc1nccn1C(F)F. The van der Waals surface area contributed by atoms with E-state index in [1.807, 2.05) is 0 Å². The van der Waals surface area contributed by atoms with Crippen molar-refractivity contribution in [2.45, 2.75) is 26.9 Å². The summed E-state index contributed by atoms with van der Waals surface area (Å²) in [7, 11) is 0. The Labute approximate surface area is 101 Å². The fourth-order valence-electron chi connectivity index (χ4n) is 1.64. The average molecular weight is 246 g/mol. The van der Waals surface area contributed by atoms with Crippen LogP contribution in [0.25, 0.3) is 0 Å². The zero-order chi connectivity index (χ0) is 12.7. The van der Waals surface area contributed by atoms with E-state index in [9.17, 15) is 8.78 Å². The van der Waals surface area contributed by atoms with Crippen LogP contribution < -0.4 is 5.32 Å². The number of rotatable bonds is 8. The highest BCUT2D eigenvalue weighted by molar-refractivity contribution is 4.92. The molecule has 0 aliphatic rings. The molecular formula is C11H20F2N4. The maximum atomic E-state index is 12.5. The zero-order valence-electron chi connectivity index (χ0n) is 10.4. The summed E-state index contributed by atoms with van der Waals surface area (Å²) in [6.45, 7) is 5.77. The van der Waals surface area contributed by atoms with Crippen molar-refractivity contribution in [3.05, 3.63) is 18.2 Å². The van der Waals surface area contributed by atoms with Crippen LogP contribution in [0.4, 0.5) is 8.78 Å². The van der Waals surface area contributed by atoms with Crippen molar-refractivity contribution in [1.82, 2.24) is 19.8 Å². The third-order valence-electron chi connectivity index (χ3n) is 2.74. The Morgan fingerprint density at radius 1 is 1.41 bits per heavy atom. The van der Waals surface area contributed by atoms with Crippen LogP contribution in [0.15, 0.2) is 12.4 Å². The third-order valence-corrected chi connectivity index (χ3v) is 2.74. The summed E-state index contributed by atoms with van der Waals surface area (Å²) in [5.74, 6) is 0.375. The van der Waals surface area contributed by atoms with Crippen LogP contribution in [0.1, 0.15) is 26.2 Å². The minimum atomic E-state index is -2.52. The molecule has 4 nitrogen and oxygen atoms in total. The molecule has 0 aliphatic heterocycles. The second-order valence-electron chi connectivity index (χ2n) is 3.73. The van der Waals surface area contributed by atoms with Gasteiger partial charge in [-0.1, -0.05) is 13.8 Å². The van der Waals surface area contributed by atoms with Gasteiger partial charge in [0.05, 0.1) is 6.54 Å². The quantitative estimate of drug-likeness (QED) is 0.709. The fraction of sp³-hybridized carbons (Fsp3) is 0.727. The molecule has 0 aliphatic carbocycles. The minimum absolute atomic E-state index is 0.374. The van der Waals surface area contributed by atoms with E-state index >= 15 is 0 Å². The lowest BCUT2D eigenvalue weighted by atomic mass is 10.4. The molecule has 17 heavy (non-hydrogen) atoms. The van der Waals surface area contributed by atoms with Crippen molar-refractivity contribution < 1.29 is 8.78 Å². The van der Waals surface area contributed by atoms with Gasteiger partial charge in [0.15, 0.2) is 0 Å². The molecule has 0 saturated heterocycles. The molecule has 6 heteroatoms. The number of likely N-dealkylation sites (N-methyl/N-ethyl adjacent to an activating group) is 1. The summed E-state index contributed by atoms with van der Waals surface area (Å²) in [6, 6.07) is 0. The van der Waals surface area contributed by atoms with E-state index in [0.29, 0.717) is 12.4 Å². The first-order valence-corrected chi connectivity index (χ1v) is 5.92. The Kier molecular flexibility index (Phi) is 6.07. The Morgan fingerprint density at radius 2 is 2.12 bits per heavy atom. The molecule has 0 fully saturated rings. The first kappa shape index (κ1) is 14.1. The Balaban J connectivity index is 2.28. The van der Waals surface area contributed by atoms with Gasteiger partial charge < -0.3 is 10.2 Å². The predicted molar refractivity (Wildman–Crippen MR) is 63.0 cm³/mol. The Morgan fingerprint density at radius 3 is 2.71 bits per heavy atom. The molecule has 0 atom stereocenters. The summed E-state index contributed by atoms with van der Waals surface area (Å²) >= 11 is 0. The van der Waals surface area contributed by atoms with Crippen molar-refractivity contribution in [3.8, 4) is 0 Å². The highest BCUT2D eigenvalue weighted by atomic mass is 19.3. The van der Waals surface area contributed by atoms with Gasteiger partial charge in [-0.3, -0.25) is 4.57 Å². The van der Waals surface area contributed by atoms with E-state index in [0.717, 1.165) is 30.7 Å². The van der Waals surface area contributed by atoms with Crippen molar-refractivity contribution >= 4 is 0 Å². The fourth-order valence-corrected chi connectivity index (χ4v) is 1.64. The normalized spacial score (nSPS) is 11.6. The van der Waals surface area contributed by atoms with Crippen LogP contribution in [0, 0.1) is 0 Å². The lowest BCUT2D eigenvalue weighted by Gasteiger charge is -2.18. The van der Waals surface area contributed by atoms with Gasteiger partial charge in [-0.2, -0.15) is 8.78 Å². The van der Waals surface area contributed by atoms with E-state index in [1.165, 1.54) is 12.4 Å². The first-order chi connectivity index (χ1) is 8.19. The second-order valence-corrected chi connectivity index (χ2v) is 3.73. The number of nitrogens with one attached hydrogen (secondary N) is 1. The van der Waals surface area contributed by atoms with Gasteiger partial charge in [0, 0.05) is 25.5 Å². The molecule has 1 aromatic rings. The van der Waals surface area contributed by atoms with Crippen LogP contribution >= 0.6 is 0 Å². The van der Waals surface area contributed by atoms with Gasteiger partial charge in [-0.05, 0) is 13.1 Å². The molecule has 0 amide bonds. The number of imidazole rings is 1. The van der Waals surface area contributed by atoms with E-state index in [4.69, 9.17) is 0 Å². The van der Waals surface area contributed by atoms with Crippen molar-refractivity contribution in [2.24, 2.45) is 0 Å². The highest BCUT2D eigenvalue weighted by Gasteiger charge is 2.10. The maximum Gasteiger partial charge on any atom is 0.319 e. The van der Waals surface area contributed by atoms with Crippen molar-refractivity contribution in [1.29, 1.82) is 0 Å². The number of halogens is 2. The van der Waals surface area contributed by atoms with Gasteiger partial charge in [0.2, 0.25) is 0 Å². The molecule has 0 aromatic carbocycles.